The summed E-state index contributed by atoms with van der Waals surface area (Å²) in [6, 6.07) is 8.03. The Hall–Kier alpha value is -0.623. The van der Waals surface area contributed by atoms with Crippen molar-refractivity contribution >= 4 is 0 Å². The van der Waals surface area contributed by atoms with Crippen LogP contribution >= 0.6 is 0 Å². The zero-order valence-corrected chi connectivity index (χ0v) is 8.59. The second kappa shape index (κ2) is 5.93. The van der Waals surface area contributed by atoms with E-state index in [9.17, 15) is 0 Å². The van der Waals surface area contributed by atoms with Crippen LogP contribution in [0.2, 0.25) is 0 Å². The third-order valence-electron chi connectivity index (χ3n) is 2.24. The molecular formula is C12H13Li. The molecule has 1 aromatic rings. The first-order chi connectivity index (χ1) is 5.77. The van der Waals surface area contributed by atoms with Crippen molar-refractivity contribution in [2.75, 3.05) is 0 Å². The van der Waals surface area contributed by atoms with E-state index < -0.39 is 0 Å². The summed E-state index contributed by atoms with van der Waals surface area (Å²) in [6.07, 6.45) is 8.08. The molecule has 0 N–H and O–H groups in total. The summed E-state index contributed by atoms with van der Waals surface area (Å²) in [5, 5.41) is 0. The molecule has 62 valence electrons. The van der Waals surface area contributed by atoms with E-state index in [1.807, 2.05) is 12.1 Å². The topological polar surface area (TPSA) is 0 Å². The van der Waals surface area contributed by atoms with Crippen molar-refractivity contribution < 1.29 is 18.9 Å². The fourth-order valence-corrected chi connectivity index (χ4v) is 1.13. The molecule has 0 spiro atoms. The first-order valence-electron chi connectivity index (χ1n) is 4.30. The number of benzene rings is 1. The maximum atomic E-state index is 6.92. The Morgan fingerprint density at radius 3 is 2.23 bits per heavy atom. The van der Waals surface area contributed by atoms with Gasteiger partial charge in [0.1, 0.15) is 0 Å². The summed E-state index contributed by atoms with van der Waals surface area (Å²) >= 11 is 0. The van der Waals surface area contributed by atoms with Gasteiger partial charge in [0.15, 0.2) is 0 Å². The van der Waals surface area contributed by atoms with Gasteiger partial charge in [-0.3, -0.25) is 5.92 Å². The smallest absolute Gasteiger partial charge is 0.366 e. The zero-order valence-electron chi connectivity index (χ0n) is 8.59. The zero-order chi connectivity index (χ0) is 8.97. The first kappa shape index (κ1) is 12.4. The van der Waals surface area contributed by atoms with Gasteiger partial charge in [-0.1, -0.05) is 26.0 Å². The van der Waals surface area contributed by atoms with E-state index in [4.69, 9.17) is 6.42 Å². The van der Waals surface area contributed by atoms with E-state index in [1.165, 1.54) is 5.56 Å². The van der Waals surface area contributed by atoms with Crippen molar-refractivity contribution in [3.8, 4) is 5.92 Å². The van der Waals surface area contributed by atoms with Crippen LogP contribution in [-0.2, 0) is 0 Å². The molecule has 0 radical (unpaired) electrons. The van der Waals surface area contributed by atoms with E-state index in [0.717, 1.165) is 12.0 Å². The fraction of sp³-hybridized carbons (Fsp3) is 0.333. The quantitative estimate of drug-likeness (QED) is 0.331. The van der Waals surface area contributed by atoms with Gasteiger partial charge in [0.2, 0.25) is 0 Å². The average Bonchev–Trinajstić information content (AvgIpc) is 2.17. The van der Waals surface area contributed by atoms with Gasteiger partial charge in [-0.15, -0.1) is 17.7 Å². The fourth-order valence-electron chi connectivity index (χ4n) is 1.13. The molecule has 1 rings (SSSR count). The minimum Gasteiger partial charge on any atom is -0.366 e. The molecule has 0 bridgehead atoms. The van der Waals surface area contributed by atoms with Crippen LogP contribution in [0.5, 0.6) is 0 Å². The molecule has 0 amide bonds. The molecule has 13 heavy (non-hydrogen) atoms. The Morgan fingerprint density at radius 1 is 1.31 bits per heavy atom. The summed E-state index contributed by atoms with van der Waals surface area (Å²) in [6.45, 7) is 4.39. The van der Waals surface area contributed by atoms with Gasteiger partial charge in [-0.2, -0.15) is 0 Å². The van der Waals surface area contributed by atoms with Crippen LogP contribution in [0.1, 0.15) is 37.3 Å². The number of rotatable bonds is 2. The molecule has 1 unspecified atom stereocenters. The van der Waals surface area contributed by atoms with Crippen molar-refractivity contribution in [2.45, 2.75) is 26.2 Å². The summed E-state index contributed by atoms with van der Waals surface area (Å²) in [4.78, 5) is 0. The predicted molar refractivity (Wildman–Crippen MR) is 51.4 cm³/mol. The normalized spacial score (nSPS) is 11.2. The van der Waals surface area contributed by atoms with Crippen molar-refractivity contribution in [3.63, 3.8) is 0 Å². The molecule has 0 heterocycles. The molecule has 0 nitrogen and oxygen atoms in total. The standard InChI is InChI=1S/C12H13.Li/c1-4-10(3)12-8-6-11(5-2)7-9-12;/h6-10H,4H2,1,3H3;/q-1;+1. The van der Waals surface area contributed by atoms with Crippen molar-refractivity contribution in [1.82, 2.24) is 0 Å². The van der Waals surface area contributed by atoms with Crippen LogP contribution in [0.15, 0.2) is 24.3 Å². The second-order valence-electron chi connectivity index (χ2n) is 3.06. The maximum Gasteiger partial charge on any atom is 1.00 e. The third-order valence-corrected chi connectivity index (χ3v) is 2.24. The summed E-state index contributed by atoms with van der Waals surface area (Å²) in [7, 11) is 0. The Morgan fingerprint density at radius 2 is 1.85 bits per heavy atom. The van der Waals surface area contributed by atoms with E-state index in [-0.39, 0.29) is 18.9 Å². The van der Waals surface area contributed by atoms with Crippen molar-refractivity contribution in [3.05, 3.63) is 41.8 Å². The second-order valence-corrected chi connectivity index (χ2v) is 3.06. The van der Waals surface area contributed by atoms with Gasteiger partial charge < -0.3 is 6.42 Å². The number of hydrogen-bond donors (Lipinski definition) is 0. The van der Waals surface area contributed by atoms with Crippen molar-refractivity contribution in [1.29, 1.82) is 0 Å². The van der Waals surface area contributed by atoms with E-state index in [0.29, 0.717) is 5.92 Å². The first-order valence-corrected chi connectivity index (χ1v) is 4.30. The maximum absolute atomic E-state index is 6.92. The van der Waals surface area contributed by atoms with Gasteiger partial charge >= 0.3 is 18.9 Å². The molecule has 1 atom stereocenters. The molecule has 0 fully saturated rings. The van der Waals surface area contributed by atoms with Crippen LogP contribution in [0, 0.1) is 12.3 Å². The Labute approximate surface area is 92.9 Å². The van der Waals surface area contributed by atoms with Crippen LogP contribution < -0.4 is 18.9 Å². The van der Waals surface area contributed by atoms with Crippen LogP contribution in [0.25, 0.3) is 0 Å². The molecular weight excluding hydrogens is 151 g/mol. The molecule has 0 aromatic heterocycles. The van der Waals surface area contributed by atoms with Gasteiger partial charge in [-0.05, 0) is 17.9 Å². The molecule has 0 saturated heterocycles. The largest absolute Gasteiger partial charge is 1.00 e. The van der Waals surface area contributed by atoms with Crippen molar-refractivity contribution in [2.24, 2.45) is 0 Å². The average molecular weight is 164 g/mol. The van der Waals surface area contributed by atoms with Gasteiger partial charge in [0.25, 0.3) is 0 Å². The number of hydrogen-bond acceptors (Lipinski definition) is 0. The summed E-state index contributed by atoms with van der Waals surface area (Å²) in [5.41, 5.74) is 2.19. The Bertz CT molecular complexity index is 279. The molecule has 0 aliphatic rings. The third kappa shape index (κ3) is 3.31. The minimum absolute atomic E-state index is 0. The summed E-state index contributed by atoms with van der Waals surface area (Å²) in [5.74, 6) is 2.98. The van der Waals surface area contributed by atoms with Crippen LogP contribution in [0.4, 0.5) is 0 Å². The molecule has 0 aliphatic heterocycles. The minimum atomic E-state index is 0. The van der Waals surface area contributed by atoms with Crippen LogP contribution in [-0.4, -0.2) is 0 Å². The van der Waals surface area contributed by atoms with E-state index in [2.05, 4.69) is 31.9 Å². The SMILES string of the molecule is [C-]#Cc1ccc(C(C)CC)cc1.[Li+]. The van der Waals surface area contributed by atoms with Gasteiger partial charge in [-0.25, -0.2) is 0 Å². The van der Waals surface area contributed by atoms with Gasteiger partial charge in [0.05, 0.1) is 0 Å². The van der Waals surface area contributed by atoms with E-state index >= 15 is 0 Å². The van der Waals surface area contributed by atoms with Crippen LogP contribution in [0.3, 0.4) is 0 Å². The monoisotopic (exact) mass is 164 g/mol. The molecule has 1 heteroatoms. The Balaban J connectivity index is 0.00000144. The Kier molecular flexibility index (Phi) is 5.64. The van der Waals surface area contributed by atoms with E-state index in [1.54, 1.807) is 0 Å². The molecule has 0 saturated carbocycles. The predicted octanol–water partition coefficient (Wildman–Crippen LogP) is 0.142. The molecule has 1 aromatic carbocycles. The van der Waals surface area contributed by atoms with Gasteiger partial charge in [0, 0.05) is 0 Å². The molecule has 0 aliphatic carbocycles. The summed E-state index contributed by atoms with van der Waals surface area (Å²) < 4.78 is 0.